The highest BCUT2D eigenvalue weighted by Gasteiger charge is 2.54. The first-order chi connectivity index (χ1) is 10.7. The Balaban J connectivity index is 2.15. The molecule has 1 saturated carbocycles. The molecule has 7 nitrogen and oxygen atoms in total. The topological polar surface area (TPSA) is 102 Å². The van der Waals surface area contributed by atoms with Crippen molar-refractivity contribution in [3.63, 3.8) is 0 Å². The molecule has 0 radical (unpaired) electrons. The largest absolute Gasteiger partial charge is 0.336 e. The molecule has 1 aliphatic heterocycles. The molecule has 2 fully saturated rings. The Morgan fingerprint density at radius 3 is 2.39 bits per heavy atom. The van der Waals surface area contributed by atoms with Crippen LogP contribution >= 0.6 is 0 Å². The van der Waals surface area contributed by atoms with Crippen LogP contribution in [0.4, 0.5) is 4.79 Å². The van der Waals surface area contributed by atoms with Crippen LogP contribution in [0.2, 0.25) is 0 Å². The molecule has 0 bridgehead atoms. The van der Waals surface area contributed by atoms with E-state index in [9.17, 15) is 19.6 Å². The predicted octanol–water partition coefficient (Wildman–Crippen LogP) is 1.29. The number of carbonyl (C=O) groups excluding carboxylic acids is 3. The number of carbonyl (C=O) groups is 3. The van der Waals surface area contributed by atoms with Gasteiger partial charge >= 0.3 is 6.03 Å². The number of nitrogens with zero attached hydrogens (tertiary/aromatic N) is 2. The molecule has 1 heterocycles. The van der Waals surface area contributed by atoms with Crippen molar-refractivity contribution in [1.82, 2.24) is 15.5 Å². The smallest absolute Gasteiger partial charge is 0.325 e. The van der Waals surface area contributed by atoms with Gasteiger partial charge in [-0.05, 0) is 32.6 Å². The van der Waals surface area contributed by atoms with Gasteiger partial charge in [-0.3, -0.25) is 9.59 Å². The van der Waals surface area contributed by atoms with Gasteiger partial charge in [0.05, 0.1) is 6.07 Å². The Morgan fingerprint density at radius 1 is 1.35 bits per heavy atom. The van der Waals surface area contributed by atoms with Crippen molar-refractivity contribution in [2.24, 2.45) is 5.92 Å². The number of nitrogens with one attached hydrogen (secondary N) is 2. The van der Waals surface area contributed by atoms with Crippen LogP contribution in [0.3, 0.4) is 0 Å². The summed E-state index contributed by atoms with van der Waals surface area (Å²) < 4.78 is 0. The van der Waals surface area contributed by atoms with Gasteiger partial charge in [0.2, 0.25) is 5.91 Å². The molecule has 23 heavy (non-hydrogen) atoms. The Labute approximate surface area is 136 Å². The maximum absolute atomic E-state index is 12.7. The molecule has 0 aromatic carbocycles. The van der Waals surface area contributed by atoms with Crippen LogP contribution in [0.5, 0.6) is 0 Å². The number of imide groups is 1. The zero-order valence-corrected chi connectivity index (χ0v) is 14.1. The molecule has 0 aromatic heterocycles. The highest BCUT2D eigenvalue weighted by Crippen LogP contribution is 2.35. The minimum Gasteiger partial charge on any atom is -0.336 e. The van der Waals surface area contributed by atoms with E-state index in [1.165, 1.54) is 6.92 Å². The summed E-state index contributed by atoms with van der Waals surface area (Å²) in [5.74, 6) is -0.930. The zero-order chi connectivity index (χ0) is 17.4. The minimum absolute atomic E-state index is 0.104. The Bertz CT molecular complexity index is 574. The molecule has 2 N–H and O–H groups in total. The molecular weight excluding hydrogens is 296 g/mol. The summed E-state index contributed by atoms with van der Waals surface area (Å²) in [7, 11) is 0. The van der Waals surface area contributed by atoms with Crippen molar-refractivity contribution in [3.05, 3.63) is 0 Å². The number of nitriles is 1. The molecule has 4 amide bonds. The normalized spacial score (nSPS) is 23.6. The third-order valence-electron chi connectivity index (χ3n) is 5.19. The van der Waals surface area contributed by atoms with E-state index >= 15 is 0 Å². The molecule has 2 atom stereocenters. The minimum atomic E-state index is -1.05. The zero-order valence-electron chi connectivity index (χ0n) is 14.1. The Morgan fingerprint density at radius 2 is 1.91 bits per heavy atom. The van der Waals surface area contributed by atoms with Gasteiger partial charge in [0.1, 0.15) is 17.1 Å². The molecule has 126 valence electrons. The maximum Gasteiger partial charge on any atom is 0.325 e. The number of urea groups is 1. The lowest BCUT2D eigenvalue weighted by atomic mass is 9.89. The van der Waals surface area contributed by atoms with E-state index < -0.39 is 29.1 Å². The maximum atomic E-state index is 12.7. The predicted molar refractivity (Wildman–Crippen MR) is 83.0 cm³/mol. The number of hydrogen-bond donors (Lipinski definition) is 2. The van der Waals surface area contributed by atoms with Crippen molar-refractivity contribution >= 4 is 17.8 Å². The third-order valence-corrected chi connectivity index (χ3v) is 5.19. The van der Waals surface area contributed by atoms with Gasteiger partial charge in [-0.2, -0.15) is 5.26 Å². The van der Waals surface area contributed by atoms with Gasteiger partial charge in [0.15, 0.2) is 0 Å². The van der Waals surface area contributed by atoms with E-state index in [0.29, 0.717) is 12.8 Å². The summed E-state index contributed by atoms with van der Waals surface area (Å²) in [4.78, 5) is 38.3. The second kappa shape index (κ2) is 5.84. The first kappa shape index (κ1) is 17.3. The molecule has 2 aliphatic rings. The van der Waals surface area contributed by atoms with Gasteiger partial charge in [0, 0.05) is 0 Å². The van der Waals surface area contributed by atoms with Gasteiger partial charge in [-0.15, -0.1) is 0 Å². The second-order valence-corrected chi connectivity index (χ2v) is 7.03. The summed E-state index contributed by atoms with van der Waals surface area (Å²) in [5, 5.41) is 14.7. The molecule has 7 heteroatoms. The summed E-state index contributed by atoms with van der Waals surface area (Å²) in [6.07, 6.45) is 3.01. The lowest BCUT2D eigenvalue weighted by molar-refractivity contribution is -0.138. The van der Waals surface area contributed by atoms with Crippen molar-refractivity contribution in [2.45, 2.75) is 70.5 Å². The first-order valence-electron chi connectivity index (χ1n) is 8.06. The summed E-state index contributed by atoms with van der Waals surface area (Å²) in [6, 6.07) is 0.614. The van der Waals surface area contributed by atoms with Crippen LogP contribution in [-0.2, 0) is 9.59 Å². The monoisotopic (exact) mass is 320 g/mol. The lowest BCUT2D eigenvalue weighted by Crippen LogP contribution is -2.56. The van der Waals surface area contributed by atoms with Crippen molar-refractivity contribution < 1.29 is 14.4 Å². The molecule has 1 spiro atoms. The molecule has 2 rings (SSSR count). The van der Waals surface area contributed by atoms with Crippen molar-refractivity contribution in [2.75, 3.05) is 0 Å². The average Bonchev–Trinajstić information content (AvgIpc) is 3.04. The SMILES string of the molecule is CC(C(=O)NC(C)(C#N)C(C)C)N1C(=O)NC2(CCCC2)C1=O. The lowest BCUT2D eigenvalue weighted by Gasteiger charge is -2.30. The molecule has 0 aromatic rings. The summed E-state index contributed by atoms with van der Waals surface area (Å²) >= 11 is 0. The highest BCUT2D eigenvalue weighted by molar-refractivity contribution is 6.10. The van der Waals surface area contributed by atoms with E-state index in [1.807, 2.05) is 13.8 Å². The number of hydrogen-bond acceptors (Lipinski definition) is 4. The molecular formula is C16H24N4O3. The summed E-state index contributed by atoms with van der Waals surface area (Å²) in [6.45, 7) is 6.80. The third kappa shape index (κ3) is 2.78. The van der Waals surface area contributed by atoms with E-state index in [4.69, 9.17) is 0 Å². The average molecular weight is 320 g/mol. The van der Waals surface area contributed by atoms with E-state index in [0.717, 1.165) is 17.7 Å². The van der Waals surface area contributed by atoms with Gasteiger partial charge in [-0.1, -0.05) is 26.7 Å². The molecule has 1 aliphatic carbocycles. The van der Waals surface area contributed by atoms with Crippen LogP contribution < -0.4 is 10.6 Å². The first-order valence-corrected chi connectivity index (χ1v) is 8.06. The standard InChI is InChI=1S/C16H24N4O3/c1-10(2)15(4,9-17)18-12(21)11(3)20-13(22)16(19-14(20)23)7-5-6-8-16/h10-11H,5-8H2,1-4H3,(H,18,21)(H,19,23). The van der Waals surface area contributed by atoms with E-state index in [2.05, 4.69) is 16.7 Å². The Hall–Kier alpha value is -2.10. The number of amides is 4. The molecule has 2 unspecified atom stereocenters. The van der Waals surface area contributed by atoms with Crippen LogP contribution in [0.1, 0.15) is 53.4 Å². The van der Waals surface area contributed by atoms with Crippen LogP contribution in [0.15, 0.2) is 0 Å². The second-order valence-electron chi connectivity index (χ2n) is 7.03. The quantitative estimate of drug-likeness (QED) is 0.762. The van der Waals surface area contributed by atoms with Crippen LogP contribution in [-0.4, -0.2) is 39.9 Å². The fourth-order valence-electron chi connectivity index (χ4n) is 3.09. The van der Waals surface area contributed by atoms with Crippen molar-refractivity contribution in [1.29, 1.82) is 5.26 Å². The van der Waals surface area contributed by atoms with E-state index in [-0.39, 0.29) is 11.8 Å². The van der Waals surface area contributed by atoms with Crippen molar-refractivity contribution in [3.8, 4) is 6.07 Å². The van der Waals surface area contributed by atoms with E-state index in [1.54, 1.807) is 6.92 Å². The van der Waals surface area contributed by atoms with Crippen LogP contribution in [0, 0.1) is 17.2 Å². The fraction of sp³-hybridized carbons (Fsp3) is 0.750. The fourth-order valence-corrected chi connectivity index (χ4v) is 3.09. The van der Waals surface area contributed by atoms with Gasteiger partial charge in [0.25, 0.3) is 5.91 Å². The Kier molecular flexibility index (Phi) is 4.38. The van der Waals surface area contributed by atoms with Gasteiger partial charge in [-0.25, -0.2) is 9.69 Å². The van der Waals surface area contributed by atoms with Crippen LogP contribution in [0.25, 0.3) is 0 Å². The molecule has 1 saturated heterocycles. The highest BCUT2D eigenvalue weighted by atomic mass is 16.2. The summed E-state index contributed by atoms with van der Waals surface area (Å²) in [5.41, 5.74) is -1.88. The van der Waals surface area contributed by atoms with Gasteiger partial charge < -0.3 is 10.6 Å². The number of rotatable bonds is 4.